The van der Waals surface area contributed by atoms with E-state index in [-0.39, 0.29) is 5.91 Å². The fraction of sp³-hybridized carbons (Fsp3) is 0.231. The Bertz CT molecular complexity index is 620. The summed E-state index contributed by atoms with van der Waals surface area (Å²) in [5.41, 5.74) is 6.41. The number of benzene rings is 1. The van der Waals surface area contributed by atoms with Crippen molar-refractivity contribution in [2.24, 2.45) is 5.73 Å². The van der Waals surface area contributed by atoms with Gasteiger partial charge in [-0.25, -0.2) is 4.68 Å². The number of carbonyl (C=O) groups excluding carboxylic acids is 1. The van der Waals surface area contributed by atoms with Crippen molar-refractivity contribution >= 4 is 23.2 Å². The Morgan fingerprint density at radius 2 is 2.21 bits per heavy atom. The summed E-state index contributed by atoms with van der Waals surface area (Å²) in [6, 6.07) is 7.11. The van der Waals surface area contributed by atoms with Crippen LogP contribution in [0.15, 0.2) is 36.7 Å². The molecule has 0 radical (unpaired) electrons. The van der Waals surface area contributed by atoms with Crippen LogP contribution in [0.2, 0.25) is 5.02 Å². The summed E-state index contributed by atoms with van der Waals surface area (Å²) < 4.78 is 1.62. The normalized spacial score (nSPS) is 16.1. The molecule has 1 aliphatic carbocycles. The number of nitrogens with two attached hydrogens (primary N) is 1. The van der Waals surface area contributed by atoms with Gasteiger partial charge in [-0.2, -0.15) is 5.10 Å². The highest BCUT2D eigenvalue weighted by atomic mass is 35.5. The zero-order valence-electron chi connectivity index (χ0n) is 10.1. The minimum absolute atomic E-state index is 0.178. The standard InChI is InChI=1S/C13H13ClN4O/c14-9-3-1-4-10(11(9)18-8-2-7-16-18)17-12(19)13(15)5-6-13/h1-4,7-8H,5-6,15H2,(H,17,19). The van der Waals surface area contributed by atoms with Crippen molar-refractivity contribution in [2.45, 2.75) is 18.4 Å². The van der Waals surface area contributed by atoms with Gasteiger partial charge in [0, 0.05) is 12.4 Å². The molecule has 0 spiro atoms. The van der Waals surface area contributed by atoms with Crippen LogP contribution in [0.1, 0.15) is 12.8 Å². The van der Waals surface area contributed by atoms with Crippen LogP contribution in [0.25, 0.3) is 5.69 Å². The molecule has 0 unspecified atom stereocenters. The largest absolute Gasteiger partial charge is 0.323 e. The molecule has 1 aliphatic rings. The molecule has 0 saturated heterocycles. The lowest BCUT2D eigenvalue weighted by atomic mass is 10.2. The molecule has 1 aromatic carbocycles. The maximum Gasteiger partial charge on any atom is 0.244 e. The Hall–Kier alpha value is -1.85. The number of para-hydroxylation sites is 1. The number of hydrogen-bond acceptors (Lipinski definition) is 3. The summed E-state index contributed by atoms with van der Waals surface area (Å²) in [5.74, 6) is -0.178. The van der Waals surface area contributed by atoms with Crippen LogP contribution in [-0.2, 0) is 4.79 Å². The molecule has 1 heterocycles. The highest BCUT2D eigenvalue weighted by Gasteiger charge is 2.46. The van der Waals surface area contributed by atoms with Crippen molar-refractivity contribution in [2.75, 3.05) is 5.32 Å². The van der Waals surface area contributed by atoms with Crippen LogP contribution in [0.5, 0.6) is 0 Å². The first-order valence-electron chi connectivity index (χ1n) is 5.99. The maximum atomic E-state index is 12.0. The molecule has 0 aliphatic heterocycles. The Labute approximate surface area is 115 Å². The van der Waals surface area contributed by atoms with Crippen molar-refractivity contribution in [3.8, 4) is 5.69 Å². The number of carbonyl (C=O) groups is 1. The zero-order valence-corrected chi connectivity index (χ0v) is 10.9. The van der Waals surface area contributed by atoms with Crippen molar-refractivity contribution in [1.82, 2.24) is 9.78 Å². The average molecular weight is 277 g/mol. The highest BCUT2D eigenvalue weighted by molar-refractivity contribution is 6.33. The number of anilines is 1. The number of rotatable bonds is 3. The van der Waals surface area contributed by atoms with E-state index in [0.717, 1.165) is 12.8 Å². The van der Waals surface area contributed by atoms with E-state index in [0.29, 0.717) is 16.4 Å². The molecule has 0 atom stereocenters. The topological polar surface area (TPSA) is 72.9 Å². The Morgan fingerprint density at radius 3 is 2.84 bits per heavy atom. The Morgan fingerprint density at radius 1 is 1.42 bits per heavy atom. The summed E-state index contributed by atoms with van der Waals surface area (Å²) in [6.07, 6.45) is 4.86. The second kappa shape index (κ2) is 4.36. The molecule has 3 rings (SSSR count). The Balaban J connectivity index is 1.97. The third-order valence-corrected chi connectivity index (χ3v) is 3.51. The number of halogens is 1. The molecule has 1 aromatic heterocycles. The molecule has 2 aromatic rings. The van der Waals surface area contributed by atoms with Crippen LogP contribution >= 0.6 is 11.6 Å². The summed E-state index contributed by atoms with van der Waals surface area (Å²) in [6.45, 7) is 0. The molecule has 5 nitrogen and oxygen atoms in total. The lowest BCUT2D eigenvalue weighted by Crippen LogP contribution is -2.38. The lowest BCUT2D eigenvalue weighted by Gasteiger charge is -2.15. The number of nitrogens with zero attached hydrogens (tertiary/aromatic N) is 2. The van der Waals surface area contributed by atoms with Gasteiger partial charge in [0.25, 0.3) is 0 Å². The van der Waals surface area contributed by atoms with E-state index in [4.69, 9.17) is 17.3 Å². The van der Waals surface area contributed by atoms with Gasteiger partial charge in [0.2, 0.25) is 5.91 Å². The van der Waals surface area contributed by atoms with Crippen LogP contribution in [0.4, 0.5) is 5.69 Å². The monoisotopic (exact) mass is 276 g/mol. The Kier molecular flexibility index (Phi) is 2.80. The average Bonchev–Trinajstić information content (AvgIpc) is 2.91. The quantitative estimate of drug-likeness (QED) is 0.900. The third-order valence-electron chi connectivity index (χ3n) is 3.21. The molecule has 19 heavy (non-hydrogen) atoms. The highest BCUT2D eigenvalue weighted by Crippen LogP contribution is 2.35. The van der Waals surface area contributed by atoms with Gasteiger partial charge in [0.05, 0.1) is 16.2 Å². The smallest absolute Gasteiger partial charge is 0.244 e. The minimum Gasteiger partial charge on any atom is -0.323 e. The van der Waals surface area contributed by atoms with Crippen LogP contribution in [-0.4, -0.2) is 21.2 Å². The van der Waals surface area contributed by atoms with Crippen molar-refractivity contribution in [3.05, 3.63) is 41.7 Å². The van der Waals surface area contributed by atoms with Gasteiger partial charge in [-0.15, -0.1) is 0 Å². The zero-order chi connectivity index (χ0) is 13.5. The lowest BCUT2D eigenvalue weighted by molar-refractivity contribution is -0.118. The van der Waals surface area contributed by atoms with E-state index in [1.807, 2.05) is 0 Å². The van der Waals surface area contributed by atoms with E-state index >= 15 is 0 Å². The van der Waals surface area contributed by atoms with Gasteiger partial charge < -0.3 is 11.1 Å². The summed E-state index contributed by atoms with van der Waals surface area (Å²) in [4.78, 5) is 12.0. The first kappa shape index (κ1) is 12.2. The first-order chi connectivity index (χ1) is 9.10. The maximum absolute atomic E-state index is 12.0. The van der Waals surface area contributed by atoms with Crippen molar-refractivity contribution in [3.63, 3.8) is 0 Å². The van der Waals surface area contributed by atoms with Crippen molar-refractivity contribution in [1.29, 1.82) is 0 Å². The molecule has 98 valence electrons. The molecular formula is C13H13ClN4O. The molecular weight excluding hydrogens is 264 g/mol. The van der Waals surface area contributed by atoms with Gasteiger partial charge in [-0.05, 0) is 31.0 Å². The third kappa shape index (κ3) is 2.22. The fourth-order valence-electron chi connectivity index (χ4n) is 1.86. The van der Waals surface area contributed by atoms with Crippen LogP contribution in [0, 0.1) is 0 Å². The van der Waals surface area contributed by atoms with E-state index in [1.54, 1.807) is 41.3 Å². The van der Waals surface area contributed by atoms with Gasteiger partial charge in [-0.3, -0.25) is 4.79 Å². The van der Waals surface area contributed by atoms with Crippen molar-refractivity contribution < 1.29 is 4.79 Å². The number of nitrogens with one attached hydrogen (secondary N) is 1. The van der Waals surface area contributed by atoms with E-state index < -0.39 is 5.54 Å². The predicted molar refractivity (Wildman–Crippen MR) is 73.4 cm³/mol. The van der Waals surface area contributed by atoms with Gasteiger partial charge in [0.15, 0.2) is 0 Å². The molecule has 3 N–H and O–H groups in total. The molecule has 1 amide bonds. The van der Waals surface area contributed by atoms with Gasteiger partial charge in [0.1, 0.15) is 5.69 Å². The molecule has 0 bridgehead atoms. The predicted octanol–water partition coefficient (Wildman–Crippen LogP) is 1.96. The molecule has 6 heteroatoms. The molecule has 1 saturated carbocycles. The fourth-order valence-corrected chi connectivity index (χ4v) is 2.12. The van der Waals surface area contributed by atoms with Gasteiger partial charge >= 0.3 is 0 Å². The van der Waals surface area contributed by atoms with E-state index in [1.165, 1.54) is 0 Å². The van der Waals surface area contributed by atoms with Gasteiger partial charge in [-0.1, -0.05) is 17.7 Å². The van der Waals surface area contributed by atoms with E-state index in [9.17, 15) is 4.79 Å². The number of aromatic nitrogens is 2. The minimum atomic E-state index is -0.719. The first-order valence-corrected chi connectivity index (χ1v) is 6.37. The van der Waals surface area contributed by atoms with Crippen LogP contribution in [0.3, 0.4) is 0 Å². The second-order valence-corrected chi connectivity index (χ2v) is 5.10. The SMILES string of the molecule is NC1(C(=O)Nc2cccc(Cl)c2-n2cccn2)CC1. The summed E-state index contributed by atoms with van der Waals surface area (Å²) in [5, 5.41) is 7.49. The summed E-state index contributed by atoms with van der Waals surface area (Å²) in [7, 11) is 0. The van der Waals surface area contributed by atoms with E-state index in [2.05, 4.69) is 10.4 Å². The van der Waals surface area contributed by atoms with Crippen LogP contribution < -0.4 is 11.1 Å². The number of hydrogen-bond donors (Lipinski definition) is 2. The second-order valence-electron chi connectivity index (χ2n) is 4.70. The summed E-state index contributed by atoms with van der Waals surface area (Å²) >= 11 is 6.19. The number of amides is 1. The molecule has 1 fully saturated rings.